The summed E-state index contributed by atoms with van der Waals surface area (Å²) in [5.74, 6) is -2.01. The molecule has 12 heteroatoms. The van der Waals surface area contributed by atoms with E-state index in [0.29, 0.717) is 0 Å². The number of carbonyl (C=O) groups is 2. The lowest BCUT2D eigenvalue weighted by molar-refractivity contribution is -0.211. The number of hydrogen-bond acceptors (Lipinski definition) is 10. The van der Waals surface area contributed by atoms with E-state index in [1.807, 2.05) is 50.3 Å². The molecule has 3 rings (SSSR count). The first-order valence-electron chi connectivity index (χ1n) is 14.6. The zero-order valence-electron chi connectivity index (χ0n) is 27.0. The van der Waals surface area contributed by atoms with Gasteiger partial charge >= 0.3 is 11.9 Å². The van der Waals surface area contributed by atoms with Gasteiger partial charge in [0.25, 0.3) is 10.1 Å². The Bertz CT molecular complexity index is 1360. The van der Waals surface area contributed by atoms with Gasteiger partial charge in [0.05, 0.1) is 25.2 Å². The zero-order valence-corrected chi connectivity index (χ0v) is 28.8. The van der Waals surface area contributed by atoms with Crippen molar-refractivity contribution in [2.75, 3.05) is 20.5 Å². The normalized spacial score (nSPS) is 22.8. The Balaban J connectivity index is 1.97. The minimum absolute atomic E-state index is 0.0000388. The summed E-state index contributed by atoms with van der Waals surface area (Å²) in [7, 11) is -5.50. The highest BCUT2D eigenvalue weighted by atomic mass is 32.2. The highest BCUT2D eigenvalue weighted by Gasteiger charge is 2.57. The van der Waals surface area contributed by atoms with Gasteiger partial charge in [0.2, 0.25) is 0 Å². The van der Waals surface area contributed by atoms with E-state index in [1.165, 1.54) is 26.2 Å². The van der Waals surface area contributed by atoms with Gasteiger partial charge in [-0.1, -0.05) is 68.8 Å². The molecule has 1 aliphatic carbocycles. The van der Waals surface area contributed by atoms with Gasteiger partial charge in [-0.2, -0.15) is 8.42 Å². The molecule has 1 aliphatic rings. The van der Waals surface area contributed by atoms with Crippen LogP contribution in [0.2, 0.25) is 18.1 Å². The Hall–Kier alpha value is -2.61. The predicted octanol–water partition coefficient (Wildman–Crippen LogP) is 5.54. The first-order chi connectivity index (χ1) is 20.5. The fourth-order valence-corrected chi connectivity index (χ4v) is 7.47. The van der Waals surface area contributed by atoms with E-state index in [2.05, 4.69) is 20.8 Å². The van der Waals surface area contributed by atoms with Crippen LogP contribution in [0.25, 0.3) is 0 Å². The first-order valence-corrected chi connectivity index (χ1v) is 19.0. The van der Waals surface area contributed by atoms with Gasteiger partial charge in [-0.15, -0.1) is 0 Å². The second kappa shape index (κ2) is 14.7. The fraction of sp³-hybridized carbons (Fsp3) is 0.562. The Labute approximate surface area is 262 Å². The van der Waals surface area contributed by atoms with Crippen LogP contribution >= 0.6 is 0 Å². The number of ether oxygens (including phenoxy) is 4. The molecular formula is C32H46O10SSi. The molecule has 1 fully saturated rings. The zero-order chi connectivity index (χ0) is 32.8. The summed E-state index contributed by atoms with van der Waals surface area (Å²) in [6.45, 7) is 13.0. The summed E-state index contributed by atoms with van der Waals surface area (Å²) in [5.41, 5.74) is 0.320. The van der Waals surface area contributed by atoms with Crippen molar-refractivity contribution in [3.05, 3.63) is 65.7 Å². The van der Waals surface area contributed by atoms with E-state index < -0.39 is 60.7 Å². The Kier molecular flexibility index (Phi) is 11.9. The van der Waals surface area contributed by atoms with Crippen LogP contribution in [0, 0.1) is 12.8 Å². The third kappa shape index (κ3) is 9.21. The van der Waals surface area contributed by atoms with Gasteiger partial charge in [-0.25, -0.2) is 4.79 Å². The number of esters is 2. The summed E-state index contributed by atoms with van der Waals surface area (Å²) >= 11 is 0. The molecule has 44 heavy (non-hydrogen) atoms. The van der Waals surface area contributed by atoms with Gasteiger partial charge in [0.15, 0.2) is 13.9 Å². The highest BCUT2D eigenvalue weighted by Crippen LogP contribution is 2.46. The maximum Gasteiger partial charge on any atom is 0.337 e. The Morgan fingerprint density at radius 2 is 1.64 bits per heavy atom. The minimum Gasteiger partial charge on any atom is -0.467 e. The van der Waals surface area contributed by atoms with Crippen molar-refractivity contribution in [2.24, 2.45) is 5.92 Å². The van der Waals surface area contributed by atoms with E-state index in [9.17, 15) is 18.0 Å². The van der Waals surface area contributed by atoms with Crippen LogP contribution in [0.1, 0.15) is 51.7 Å². The summed E-state index contributed by atoms with van der Waals surface area (Å²) < 4.78 is 61.6. The molecule has 0 aliphatic heterocycles. The smallest absolute Gasteiger partial charge is 0.337 e. The molecule has 0 aromatic heterocycles. The highest BCUT2D eigenvalue weighted by molar-refractivity contribution is 7.86. The Morgan fingerprint density at radius 1 is 1.00 bits per heavy atom. The average Bonchev–Trinajstić information content (AvgIpc) is 2.95. The molecule has 0 bridgehead atoms. The largest absolute Gasteiger partial charge is 0.467 e. The lowest BCUT2D eigenvalue weighted by atomic mass is 9.74. The van der Waals surface area contributed by atoms with Crippen LogP contribution in [0.3, 0.4) is 0 Å². The van der Waals surface area contributed by atoms with Gasteiger partial charge in [0, 0.05) is 19.3 Å². The lowest BCUT2D eigenvalue weighted by Gasteiger charge is -2.50. The van der Waals surface area contributed by atoms with Crippen LogP contribution in [0.4, 0.5) is 0 Å². The molecule has 0 saturated heterocycles. The van der Waals surface area contributed by atoms with Crippen molar-refractivity contribution in [1.82, 2.24) is 0 Å². The van der Waals surface area contributed by atoms with E-state index in [-0.39, 0.29) is 36.2 Å². The minimum atomic E-state index is -4.17. The molecule has 0 amide bonds. The van der Waals surface area contributed by atoms with Crippen molar-refractivity contribution in [1.29, 1.82) is 0 Å². The second-order valence-corrected chi connectivity index (χ2v) is 19.1. The van der Waals surface area contributed by atoms with E-state index >= 15 is 0 Å². The molecule has 0 radical (unpaired) electrons. The monoisotopic (exact) mass is 650 g/mol. The van der Waals surface area contributed by atoms with Crippen molar-refractivity contribution in [3.8, 4) is 0 Å². The second-order valence-electron chi connectivity index (χ2n) is 12.8. The van der Waals surface area contributed by atoms with Gasteiger partial charge in [0.1, 0.15) is 19.0 Å². The molecule has 0 heterocycles. The third-order valence-electron chi connectivity index (χ3n) is 8.29. The summed E-state index contributed by atoms with van der Waals surface area (Å²) in [6.07, 6.45) is -1.87. The quantitative estimate of drug-likeness (QED) is 0.0898. The Morgan fingerprint density at radius 3 is 2.20 bits per heavy atom. The molecule has 0 N–H and O–H groups in total. The predicted molar refractivity (Wildman–Crippen MR) is 167 cm³/mol. The number of aryl methyl sites for hydroxylation is 1. The number of hydrogen-bond donors (Lipinski definition) is 0. The van der Waals surface area contributed by atoms with Gasteiger partial charge in [-0.3, -0.25) is 8.98 Å². The van der Waals surface area contributed by atoms with Crippen LogP contribution in [-0.2, 0) is 53.9 Å². The number of methoxy groups -OCH3 is 1. The average molecular weight is 651 g/mol. The van der Waals surface area contributed by atoms with E-state index in [1.54, 1.807) is 12.1 Å². The lowest BCUT2D eigenvalue weighted by Crippen LogP contribution is -2.62. The molecule has 2 aromatic rings. The number of carbonyl (C=O) groups excluding carboxylic acids is 2. The molecule has 0 spiro atoms. The van der Waals surface area contributed by atoms with Crippen LogP contribution in [-0.4, -0.2) is 67.0 Å². The van der Waals surface area contributed by atoms with Crippen LogP contribution in [0.5, 0.6) is 0 Å². The number of rotatable bonds is 13. The van der Waals surface area contributed by atoms with E-state index in [0.717, 1.165) is 11.1 Å². The van der Waals surface area contributed by atoms with Crippen LogP contribution < -0.4 is 0 Å². The first kappa shape index (κ1) is 35.9. The molecular weight excluding hydrogens is 604 g/mol. The topological polar surface area (TPSA) is 124 Å². The summed E-state index contributed by atoms with van der Waals surface area (Å²) in [6, 6.07) is 15.8. The van der Waals surface area contributed by atoms with Crippen molar-refractivity contribution < 1.29 is 45.6 Å². The third-order valence-corrected chi connectivity index (χ3v) is 14.1. The molecule has 4 atom stereocenters. The SMILES string of the molecule is COC(=O)[C@]1(O[Si](C)(C)C(C)(C)C)C[C@@H](COS(=O)(=O)c2ccc(C)cc2)[C@@H](OC(C)=O)[C@H](OCOCc2ccccc2)C1. The van der Waals surface area contributed by atoms with Crippen molar-refractivity contribution in [3.63, 3.8) is 0 Å². The summed E-state index contributed by atoms with van der Waals surface area (Å²) in [5, 5.41) is -0.267. The van der Waals surface area contributed by atoms with Crippen molar-refractivity contribution in [2.45, 2.75) is 94.9 Å². The van der Waals surface area contributed by atoms with E-state index in [4.69, 9.17) is 27.6 Å². The van der Waals surface area contributed by atoms with Crippen LogP contribution in [0.15, 0.2) is 59.5 Å². The molecule has 244 valence electrons. The van der Waals surface area contributed by atoms with Gasteiger partial charge < -0.3 is 23.4 Å². The summed E-state index contributed by atoms with van der Waals surface area (Å²) in [4.78, 5) is 25.9. The standard InChI is InChI=1S/C32H46O10SSi/c1-23-14-16-27(17-15-23)43(35,36)40-21-26-18-32(30(34)37-6,42-44(7,8)31(3,4)5)19-28(29(26)41-24(2)33)39-22-38-20-25-12-10-9-11-13-25/h9-17,26,28-29H,18-22H2,1-8H3/t26-,28+,29+,32-/m0/s1. The molecule has 1 saturated carbocycles. The van der Waals surface area contributed by atoms with Crippen molar-refractivity contribution >= 4 is 30.4 Å². The molecule has 10 nitrogen and oxygen atoms in total. The fourth-order valence-electron chi connectivity index (χ4n) is 4.98. The van der Waals surface area contributed by atoms with Gasteiger partial charge in [-0.05, 0) is 49.2 Å². The number of benzene rings is 2. The molecule has 0 unspecified atom stereocenters. The maximum atomic E-state index is 13.6. The molecule has 2 aromatic carbocycles. The maximum absolute atomic E-state index is 13.6.